The van der Waals surface area contributed by atoms with E-state index >= 15 is 0 Å². The minimum Gasteiger partial charge on any atom is -0.497 e. The van der Waals surface area contributed by atoms with Gasteiger partial charge < -0.3 is 15.0 Å². The average molecular weight is 477 g/mol. The lowest BCUT2D eigenvalue weighted by molar-refractivity contribution is -0.141. The van der Waals surface area contributed by atoms with Crippen LogP contribution in [0.2, 0.25) is 0 Å². The number of carbonyl (C=O) groups excluding carboxylic acids is 2. The smallest absolute Gasteiger partial charge is 0.243 e. The molecule has 0 aliphatic carbocycles. The van der Waals surface area contributed by atoms with E-state index in [9.17, 15) is 14.0 Å². The molecule has 0 aliphatic rings. The largest absolute Gasteiger partial charge is 0.497 e. The summed E-state index contributed by atoms with van der Waals surface area (Å²) in [5.41, 5.74) is 2.08. The molecule has 5 nitrogen and oxygen atoms in total. The van der Waals surface area contributed by atoms with Crippen LogP contribution >= 0.6 is 0 Å². The van der Waals surface area contributed by atoms with Crippen molar-refractivity contribution in [2.24, 2.45) is 0 Å². The van der Waals surface area contributed by atoms with Crippen LogP contribution in [-0.4, -0.2) is 35.9 Å². The highest BCUT2D eigenvalue weighted by Gasteiger charge is 2.31. The lowest BCUT2D eigenvalue weighted by Crippen LogP contribution is -2.52. The van der Waals surface area contributed by atoms with Crippen molar-refractivity contribution in [2.45, 2.75) is 51.7 Å². The topological polar surface area (TPSA) is 58.6 Å². The Kier molecular flexibility index (Phi) is 9.41. The van der Waals surface area contributed by atoms with Gasteiger partial charge in [-0.1, -0.05) is 67.6 Å². The number of hydrogen-bond acceptors (Lipinski definition) is 3. The van der Waals surface area contributed by atoms with Crippen molar-refractivity contribution in [1.82, 2.24) is 10.2 Å². The van der Waals surface area contributed by atoms with Crippen LogP contribution in [0.15, 0.2) is 78.9 Å². The lowest BCUT2D eigenvalue weighted by atomic mass is 10.0. The third-order valence-electron chi connectivity index (χ3n) is 6.09. The van der Waals surface area contributed by atoms with Crippen molar-refractivity contribution >= 4 is 11.8 Å². The molecule has 0 radical (unpaired) electrons. The molecule has 0 heterocycles. The Labute approximate surface area is 206 Å². The van der Waals surface area contributed by atoms with Crippen molar-refractivity contribution in [3.63, 3.8) is 0 Å². The number of carbonyl (C=O) groups is 2. The Morgan fingerprint density at radius 3 is 2.23 bits per heavy atom. The summed E-state index contributed by atoms with van der Waals surface area (Å²) in [7, 11) is 1.58. The van der Waals surface area contributed by atoms with Gasteiger partial charge in [0, 0.05) is 24.6 Å². The van der Waals surface area contributed by atoms with Gasteiger partial charge in [-0.05, 0) is 42.7 Å². The molecule has 0 spiro atoms. The number of amides is 2. The summed E-state index contributed by atoms with van der Waals surface area (Å²) >= 11 is 0. The van der Waals surface area contributed by atoms with Crippen LogP contribution in [0.4, 0.5) is 4.39 Å². The second-order valence-corrected chi connectivity index (χ2v) is 8.66. The highest BCUT2D eigenvalue weighted by atomic mass is 19.1. The van der Waals surface area contributed by atoms with E-state index in [-0.39, 0.29) is 30.8 Å². The number of nitrogens with one attached hydrogen (secondary N) is 1. The monoisotopic (exact) mass is 476 g/mol. The number of hydrogen-bond donors (Lipinski definition) is 1. The van der Waals surface area contributed by atoms with Gasteiger partial charge in [0.15, 0.2) is 0 Å². The molecular formula is C29H33FN2O3. The average Bonchev–Trinajstić information content (AvgIpc) is 2.88. The summed E-state index contributed by atoms with van der Waals surface area (Å²) in [5, 5.41) is 3.02. The first-order chi connectivity index (χ1) is 16.9. The predicted octanol–water partition coefficient (Wildman–Crippen LogP) is 4.93. The van der Waals surface area contributed by atoms with Crippen molar-refractivity contribution in [2.75, 3.05) is 7.11 Å². The van der Waals surface area contributed by atoms with E-state index in [0.717, 1.165) is 17.5 Å². The first-order valence-corrected chi connectivity index (χ1v) is 11.9. The maximum atomic E-state index is 14.6. The normalized spacial score (nSPS) is 12.5. The molecule has 3 aromatic carbocycles. The molecule has 0 saturated heterocycles. The van der Waals surface area contributed by atoms with Crippen molar-refractivity contribution < 1.29 is 18.7 Å². The zero-order valence-corrected chi connectivity index (χ0v) is 20.5. The molecule has 3 rings (SSSR count). The van der Waals surface area contributed by atoms with E-state index in [4.69, 9.17) is 4.74 Å². The molecule has 3 aromatic rings. The van der Waals surface area contributed by atoms with Gasteiger partial charge >= 0.3 is 0 Å². The van der Waals surface area contributed by atoms with Gasteiger partial charge in [0.25, 0.3) is 0 Å². The second kappa shape index (κ2) is 12.7. The van der Waals surface area contributed by atoms with E-state index in [0.29, 0.717) is 17.7 Å². The number of rotatable bonds is 11. The highest BCUT2D eigenvalue weighted by molar-refractivity contribution is 5.89. The molecular weight excluding hydrogens is 443 g/mol. The fraction of sp³-hybridized carbons (Fsp3) is 0.310. The molecule has 6 heteroatoms. The number of benzene rings is 3. The summed E-state index contributed by atoms with van der Waals surface area (Å²) in [4.78, 5) is 28.6. The molecule has 2 amide bonds. The van der Waals surface area contributed by atoms with Gasteiger partial charge in [0.1, 0.15) is 17.6 Å². The van der Waals surface area contributed by atoms with Gasteiger partial charge in [0.2, 0.25) is 11.8 Å². The van der Waals surface area contributed by atoms with Gasteiger partial charge in [-0.2, -0.15) is 0 Å². The maximum Gasteiger partial charge on any atom is 0.243 e. The third kappa shape index (κ3) is 7.41. The van der Waals surface area contributed by atoms with E-state index in [1.807, 2.05) is 56.3 Å². The molecule has 0 bridgehead atoms. The van der Waals surface area contributed by atoms with Gasteiger partial charge in [-0.25, -0.2) is 4.39 Å². The first kappa shape index (κ1) is 25.9. The quantitative estimate of drug-likeness (QED) is 0.427. The number of ether oxygens (including phenoxy) is 1. The highest BCUT2D eigenvalue weighted by Crippen LogP contribution is 2.19. The predicted molar refractivity (Wildman–Crippen MR) is 135 cm³/mol. The maximum absolute atomic E-state index is 14.6. The summed E-state index contributed by atoms with van der Waals surface area (Å²) in [6.45, 7) is 3.91. The Balaban J connectivity index is 1.97. The zero-order chi connectivity index (χ0) is 25.2. The zero-order valence-electron chi connectivity index (χ0n) is 20.5. The van der Waals surface area contributed by atoms with Crippen molar-refractivity contribution in [1.29, 1.82) is 0 Å². The van der Waals surface area contributed by atoms with E-state index in [1.165, 1.54) is 11.0 Å². The molecule has 2 atom stereocenters. The fourth-order valence-corrected chi connectivity index (χ4v) is 3.82. The van der Waals surface area contributed by atoms with E-state index in [1.54, 1.807) is 37.4 Å². The van der Waals surface area contributed by atoms with Gasteiger partial charge in [-0.15, -0.1) is 0 Å². The minimum absolute atomic E-state index is 0.00686. The molecule has 0 saturated carbocycles. The van der Waals surface area contributed by atoms with E-state index in [2.05, 4.69) is 5.32 Å². The van der Waals surface area contributed by atoms with Crippen LogP contribution in [0.1, 0.15) is 37.0 Å². The number of methoxy groups -OCH3 is 1. The summed E-state index contributed by atoms with van der Waals surface area (Å²) in [6.07, 6.45) is 1.17. The summed E-state index contributed by atoms with van der Waals surface area (Å²) in [6, 6.07) is 22.3. The number of nitrogens with zero attached hydrogens (tertiary/aromatic N) is 1. The first-order valence-electron chi connectivity index (χ1n) is 11.9. The Morgan fingerprint density at radius 2 is 1.60 bits per heavy atom. The summed E-state index contributed by atoms with van der Waals surface area (Å²) in [5.74, 6) is -0.212. The van der Waals surface area contributed by atoms with Crippen molar-refractivity contribution in [3.05, 3.63) is 101 Å². The molecule has 0 unspecified atom stereocenters. The number of halogens is 1. The second-order valence-electron chi connectivity index (χ2n) is 8.66. The minimum atomic E-state index is -0.795. The van der Waals surface area contributed by atoms with Crippen LogP contribution in [0.5, 0.6) is 5.75 Å². The van der Waals surface area contributed by atoms with Crippen LogP contribution in [0.25, 0.3) is 0 Å². The Morgan fingerprint density at radius 1 is 0.943 bits per heavy atom. The Hall–Kier alpha value is -3.67. The molecule has 0 aromatic heterocycles. The van der Waals surface area contributed by atoms with Crippen LogP contribution in [0.3, 0.4) is 0 Å². The Bertz CT molecular complexity index is 1100. The molecule has 0 fully saturated rings. The molecule has 184 valence electrons. The van der Waals surface area contributed by atoms with Crippen LogP contribution in [-0.2, 0) is 29.0 Å². The molecule has 35 heavy (non-hydrogen) atoms. The van der Waals surface area contributed by atoms with E-state index < -0.39 is 11.9 Å². The molecule has 0 aliphatic heterocycles. The standard InChI is InChI=1S/C29H33FN2O3/c1-4-21(2)31-29(34)27(18-22-10-6-5-7-11-22)32(20-24-12-8-9-13-26(24)30)28(33)19-23-14-16-25(35-3)17-15-23/h5-17,21,27H,4,18-20H2,1-3H3,(H,31,34)/t21-,27+/m0/s1. The van der Waals surface area contributed by atoms with Gasteiger partial charge in [0.05, 0.1) is 13.5 Å². The lowest BCUT2D eigenvalue weighted by Gasteiger charge is -2.32. The summed E-state index contributed by atoms with van der Waals surface area (Å²) < 4.78 is 19.8. The van der Waals surface area contributed by atoms with Crippen LogP contribution < -0.4 is 10.1 Å². The van der Waals surface area contributed by atoms with Gasteiger partial charge in [-0.3, -0.25) is 9.59 Å². The third-order valence-corrected chi connectivity index (χ3v) is 6.09. The fourth-order valence-electron chi connectivity index (χ4n) is 3.82. The van der Waals surface area contributed by atoms with Crippen LogP contribution in [0, 0.1) is 5.82 Å². The van der Waals surface area contributed by atoms with Crippen molar-refractivity contribution in [3.8, 4) is 5.75 Å². The molecule has 1 N–H and O–H groups in total. The SMILES string of the molecule is CC[C@H](C)NC(=O)[C@@H](Cc1ccccc1)N(Cc1ccccc1F)C(=O)Cc1ccc(OC)cc1.